The Morgan fingerprint density at radius 1 is 0.414 bits per heavy atom. The first-order chi connectivity index (χ1) is 28.3. The number of nitrogens with zero attached hydrogens (tertiary/aromatic N) is 1. The SMILES string of the molecule is CC1(C)c2ccccc2-c2c(N(c3ccccc3)c3ccc4oc5c6c(c7ccccc7c5c4c3)C(C)(C)c3cccc(-c4cccc5ccccc45)c3-6)cccc21. The lowest BCUT2D eigenvalue weighted by Gasteiger charge is -2.29. The van der Waals surface area contributed by atoms with E-state index >= 15 is 0 Å². The number of para-hydroxylation sites is 1. The van der Waals surface area contributed by atoms with Crippen molar-refractivity contribution in [3.05, 3.63) is 198 Å². The summed E-state index contributed by atoms with van der Waals surface area (Å²) in [5, 5.41) is 7.30. The molecule has 0 spiro atoms. The Kier molecular flexibility index (Phi) is 6.78. The maximum absolute atomic E-state index is 7.21. The fraction of sp³-hybridized carbons (Fsp3) is 0.107. The molecule has 0 unspecified atom stereocenters. The summed E-state index contributed by atoms with van der Waals surface area (Å²) < 4.78 is 7.21. The average Bonchev–Trinajstić information content (AvgIpc) is 3.84. The second kappa shape index (κ2) is 11.8. The van der Waals surface area contributed by atoms with Gasteiger partial charge in [0.1, 0.15) is 11.2 Å². The Labute approximate surface area is 338 Å². The van der Waals surface area contributed by atoms with Gasteiger partial charge >= 0.3 is 0 Å². The smallest absolute Gasteiger partial charge is 0.144 e. The first-order valence-corrected chi connectivity index (χ1v) is 20.4. The largest absolute Gasteiger partial charge is 0.455 e. The van der Waals surface area contributed by atoms with Crippen LogP contribution >= 0.6 is 0 Å². The molecule has 0 amide bonds. The van der Waals surface area contributed by atoms with E-state index in [1.54, 1.807) is 0 Å². The van der Waals surface area contributed by atoms with Crippen LogP contribution < -0.4 is 4.90 Å². The normalized spacial score (nSPS) is 14.5. The predicted molar refractivity (Wildman–Crippen MR) is 244 cm³/mol. The minimum atomic E-state index is -0.245. The molecule has 0 saturated heterocycles. The molecule has 58 heavy (non-hydrogen) atoms. The Balaban J connectivity index is 1.16. The molecule has 12 rings (SSSR count). The Hall–Kier alpha value is -6.90. The lowest BCUT2D eigenvalue weighted by atomic mass is 9.79. The summed E-state index contributed by atoms with van der Waals surface area (Å²) in [5.41, 5.74) is 17.9. The van der Waals surface area contributed by atoms with Crippen LogP contribution in [0.15, 0.2) is 180 Å². The highest BCUT2D eigenvalue weighted by Crippen LogP contribution is 2.59. The molecule has 0 aliphatic heterocycles. The average molecular weight is 744 g/mol. The fourth-order valence-corrected chi connectivity index (χ4v) is 10.8. The first-order valence-electron chi connectivity index (χ1n) is 20.4. The lowest BCUT2D eigenvalue weighted by molar-refractivity contribution is 0.658. The van der Waals surface area contributed by atoms with E-state index in [2.05, 4.69) is 209 Å². The van der Waals surface area contributed by atoms with Gasteiger partial charge < -0.3 is 9.32 Å². The third-order valence-corrected chi connectivity index (χ3v) is 13.4. The Morgan fingerprint density at radius 2 is 1.03 bits per heavy atom. The van der Waals surface area contributed by atoms with Gasteiger partial charge in [0.25, 0.3) is 0 Å². The van der Waals surface area contributed by atoms with E-state index in [-0.39, 0.29) is 10.8 Å². The van der Waals surface area contributed by atoms with Gasteiger partial charge in [-0.05, 0) is 102 Å². The summed E-state index contributed by atoms with van der Waals surface area (Å²) in [6.07, 6.45) is 0. The van der Waals surface area contributed by atoms with E-state index in [9.17, 15) is 0 Å². The second-order valence-corrected chi connectivity index (χ2v) is 17.2. The van der Waals surface area contributed by atoms with E-state index in [1.165, 1.54) is 88.3 Å². The number of anilines is 3. The van der Waals surface area contributed by atoms with E-state index in [0.717, 1.165) is 27.9 Å². The number of rotatable bonds is 4. The number of fused-ring (bicyclic) bond motifs is 14. The van der Waals surface area contributed by atoms with Crippen LogP contribution in [0, 0.1) is 0 Å². The summed E-state index contributed by atoms with van der Waals surface area (Å²) in [4.78, 5) is 2.45. The van der Waals surface area contributed by atoms with Crippen molar-refractivity contribution in [1.82, 2.24) is 0 Å². The number of hydrogen-bond donors (Lipinski definition) is 0. The van der Waals surface area contributed by atoms with Crippen molar-refractivity contribution in [2.24, 2.45) is 0 Å². The highest BCUT2D eigenvalue weighted by Gasteiger charge is 2.42. The van der Waals surface area contributed by atoms with E-state index in [4.69, 9.17) is 4.42 Å². The maximum atomic E-state index is 7.21. The van der Waals surface area contributed by atoms with Crippen molar-refractivity contribution in [1.29, 1.82) is 0 Å². The monoisotopic (exact) mass is 743 g/mol. The van der Waals surface area contributed by atoms with Crippen molar-refractivity contribution in [3.63, 3.8) is 0 Å². The quantitative estimate of drug-likeness (QED) is 0.178. The molecule has 0 N–H and O–H groups in total. The molecule has 2 nitrogen and oxygen atoms in total. The molecule has 1 aromatic heterocycles. The zero-order chi connectivity index (χ0) is 38.9. The van der Waals surface area contributed by atoms with Crippen molar-refractivity contribution in [2.75, 3.05) is 4.90 Å². The minimum absolute atomic E-state index is 0.108. The van der Waals surface area contributed by atoms with E-state index < -0.39 is 0 Å². The van der Waals surface area contributed by atoms with Crippen LogP contribution in [0.4, 0.5) is 17.1 Å². The molecule has 2 heteroatoms. The van der Waals surface area contributed by atoms with Gasteiger partial charge in [-0.3, -0.25) is 0 Å². The molecule has 1 heterocycles. The maximum Gasteiger partial charge on any atom is 0.144 e. The Morgan fingerprint density at radius 3 is 1.88 bits per heavy atom. The first kappa shape index (κ1) is 33.3. The van der Waals surface area contributed by atoms with E-state index in [0.29, 0.717) is 0 Å². The molecular formula is C56H41NO. The number of hydrogen-bond acceptors (Lipinski definition) is 2. The summed E-state index contributed by atoms with van der Waals surface area (Å²) >= 11 is 0. The molecule has 0 bridgehead atoms. The fourth-order valence-electron chi connectivity index (χ4n) is 10.8. The van der Waals surface area contributed by atoms with Gasteiger partial charge in [0.15, 0.2) is 0 Å². The zero-order valence-electron chi connectivity index (χ0n) is 33.1. The summed E-state index contributed by atoms with van der Waals surface area (Å²) in [6.45, 7) is 9.48. The zero-order valence-corrected chi connectivity index (χ0v) is 33.1. The van der Waals surface area contributed by atoms with Crippen LogP contribution in [0.2, 0.25) is 0 Å². The lowest BCUT2D eigenvalue weighted by Crippen LogP contribution is -2.16. The minimum Gasteiger partial charge on any atom is -0.455 e. The molecule has 9 aromatic carbocycles. The predicted octanol–water partition coefficient (Wildman–Crippen LogP) is 15.6. The third-order valence-electron chi connectivity index (χ3n) is 13.4. The molecule has 276 valence electrons. The molecule has 0 radical (unpaired) electrons. The van der Waals surface area contributed by atoms with Gasteiger partial charge in [-0.15, -0.1) is 0 Å². The number of furan rings is 1. The van der Waals surface area contributed by atoms with E-state index in [1.807, 2.05) is 0 Å². The summed E-state index contributed by atoms with van der Waals surface area (Å²) in [7, 11) is 0. The standard InChI is InChI=1S/C56H41NO/c1-55(2)44-27-13-12-24-42(44)50-45(55)29-16-30-47(50)57(35-19-6-5-7-20-35)36-31-32-48-43(33-36)49-40-22-10-11-23-41(40)53-52(54(49)58-48)51-39(26-15-28-46(51)56(53,3)4)38-25-14-18-34-17-8-9-21-37(34)38/h5-33H,1-4H3. The topological polar surface area (TPSA) is 16.4 Å². The summed E-state index contributed by atoms with van der Waals surface area (Å²) in [5.74, 6) is 0. The molecule has 0 saturated carbocycles. The van der Waals surface area contributed by atoms with Crippen LogP contribution in [0.5, 0.6) is 0 Å². The van der Waals surface area contributed by atoms with Gasteiger partial charge in [0, 0.05) is 44.1 Å². The third kappa shape index (κ3) is 4.38. The molecular weight excluding hydrogens is 703 g/mol. The van der Waals surface area contributed by atoms with Crippen molar-refractivity contribution in [3.8, 4) is 33.4 Å². The van der Waals surface area contributed by atoms with Crippen molar-refractivity contribution >= 4 is 60.5 Å². The van der Waals surface area contributed by atoms with Gasteiger partial charge in [0.2, 0.25) is 0 Å². The van der Waals surface area contributed by atoms with Crippen molar-refractivity contribution in [2.45, 2.75) is 38.5 Å². The van der Waals surface area contributed by atoms with Crippen LogP contribution in [0.25, 0.3) is 76.9 Å². The molecule has 0 atom stereocenters. The van der Waals surface area contributed by atoms with Crippen LogP contribution in [0.3, 0.4) is 0 Å². The second-order valence-electron chi connectivity index (χ2n) is 17.2. The van der Waals surface area contributed by atoms with Gasteiger partial charge in [0.05, 0.1) is 5.69 Å². The van der Waals surface area contributed by atoms with Crippen molar-refractivity contribution < 1.29 is 4.42 Å². The molecule has 2 aliphatic carbocycles. The summed E-state index contributed by atoms with van der Waals surface area (Å²) in [6, 6.07) is 64.7. The van der Waals surface area contributed by atoms with Crippen LogP contribution in [-0.4, -0.2) is 0 Å². The highest BCUT2D eigenvalue weighted by atomic mass is 16.3. The van der Waals surface area contributed by atoms with Gasteiger partial charge in [-0.25, -0.2) is 0 Å². The molecule has 0 fully saturated rings. The molecule has 2 aliphatic rings. The molecule has 10 aromatic rings. The number of benzene rings is 9. The highest BCUT2D eigenvalue weighted by molar-refractivity contribution is 6.26. The van der Waals surface area contributed by atoms with Gasteiger partial charge in [-0.2, -0.15) is 0 Å². The van der Waals surface area contributed by atoms with Crippen LogP contribution in [-0.2, 0) is 10.8 Å². The van der Waals surface area contributed by atoms with Gasteiger partial charge in [-0.1, -0.05) is 167 Å². The van der Waals surface area contributed by atoms with Crippen LogP contribution in [0.1, 0.15) is 49.9 Å². The Bertz CT molecular complexity index is 3340.